The third-order valence-corrected chi connectivity index (χ3v) is 3.75. The molecule has 3 aromatic rings. The Kier molecular flexibility index (Phi) is 3.29. The van der Waals surface area contributed by atoms with Gasteiger partial charge in [-0.25, -0.2) is 4.39 Å². The Bertz CT molecular complexity index is 900. The van der Waals surface area contributed by atoms with Crippen LogP contribution in [0.5, 0.6) is 11.5 Å². The molecule has 4 heteroatoms. The quantitative estimate of drug-likeness (QED) is 0.556. The van der Waals surface area contributed by atoms with E-state index in [1.54, 1.807) is 30.3 Å². The highest BCUT2D eigenvalue weighted by atomic mass is 19.1. The number of ketones is 1. The smallest absolute Gasteiger partial charge is 0.200 e. The molecule has 0 unspecified atom stereocenters. The normalized spacial score (nSPS) is 10.8. The summed E-state index contributed by atoms with van der Waals surface area (Å²) in [5.74, 6) is -1.67. The standard InChI is InChI=1S/C18H13FO3/c1-10-15(18(22)13-8-4-5-9-14(13)19)17(21)12-7-3-2-6-11(12)16(10)20/h2-9,20-21H,1H3. The molecule has 0 atom stereocenters. The molecule has 0 saturated carbocycles. The Labute approximate surface area is 126 Å². The first-order valence-corrected chi connectivity index (χ1v) is 6.75. The molecule has 0 aliphatic heterocycles. The Hall–Kier alpha value is -2.88. The van der Waals surface area contributed by atoms with E-state index < -0.39 is 11.6 Å². The van der Waals surface area contributed by atoms with Crippen molar-refractivity contribution in [3.05, 3.63) is 71.0 Å². The molecule has 110 valence electrons. The van der Waals surface area contributed by atoms with Crippen LogP contribution in [0.2, 0.25) is 0 Å². The number of fused-ring (bicyclic) bond motifs is 1. The number of carbonyl (C=O) groups excluding carboxylic acids is 1. The third-order valence-electron chi connectivity index (χ3n) is 3.75. The molecule has 22 heavy (non-hydrogen) atoms. The van der Waals surface area contributed by atoms with Crippen molar-refractivity contribution in [1.82, 2.24) is 0 Å². The van der Waals surface area contributed by atoms with Crippen molar-refractivity contribution in [2.24, 2.45) is 0 Å². The summed E-state index contributed by atoms with van der Waals surface area (Å²) in [5.41, 5.74) is 0.00124. The minimum atomic E-state index is -0.668. The first-order chi connectivity index (χ1) is 10.5. The predicted molar refractivity (Wildman–Crippen MR) is 81.8 cm³/mol. The maximum absolute atomic E-state index is 13.8. The van der Waals surface area contributed by atoms with E-state index in [9.17, 15) is 19.4 Å². The number of rotatable bonds is 2. The molecule has 0 aromatic heterocycles. The van der Waals surface area contributed by atoms with E-state index in [4.69, 9.17) is 0 Å². The zero-order chi connectivity index (χ0) is 15.9. The van der Waals surface area contributed by atoms with Gasteiger partial charge < -0.3 is 10.2 Å². The lowest BCUT2D eigenvalue weighted by molar-refractivity contribution is 0.103. The molecule has 3 nitrogen and oxygen atoms in total. The van der Waals surface area contributed by atoms with Crippen LogP contribution in [-0.4, -0.2) is 16.0 Å². The summed E-state index contributed by atoms with van der Waals surface area (Å²) in [6.07, 6.45) is 0. The van der Waals surface area contributed by atoms with Gasteiger partial charge in [0.1, 0.15) is 17.3 Å². The fourth-order valence-corrected chi connectivity index (χ4v) is 2.59. The summed E-state index contributed by atoms with van der Waals surface area (Å²) in [6, 6.07) is 12.2. The van der Waals surface area contributed by atoms with Crippen LogP contribution >= 0.6 is 0 Å². The minimum absolute atomic E-state index is 0.0821. The van der Waals surface area contributed by atoms with Crippen molar-refractivity contribution in [3.8, 4) is 11.5 Å². The van der Waals surface area contributed by atoms with Crippen LogP contribution in [0.25, 0.3) is 10.8 Å². The van der Waals surface area contributed by atoms with E-state index in [0.717, 1.165) is 0 Å². The summed E-state index contributed by atoms with van der Waals surface area (Å²) in [5, 5.41) is 21.5. The van der Waals surface area contributed by atoms with Gasteiger partial charge in [0.15, 0.2) is 5.78 Å². The van der Waals surface area contributed by atoms with E-state index in [1.807, 2.05) is 0 Å². The molecule has 3 aromatic carbocycles. The summed E-state index contributed by atoms with van der Waals surface area (Å²) in [6.45, 7) is 1.52. The molecule has 0 aliphatic rings. The summed E-state index contributed by atoms with van der Waals surface area (Å²) in [7, 11) is 0. The van der Waals surface area contributed by atoms with Crippen molar-refractivity contribution < 1.29 is 19.4 Å². The molecule has 0 heterocycles. The Morgan fingerprint density at radius 3 is 2.09 bits per heavy atom. The first-order valence-electron chi connectivity index (χ1n) is 6.75. The third kappa shape index (κ3) is 2.00. The van der Waals surface area contributed by atoms with E-state index in [1.165, 1.54) is 25.1 Å². The molecule has 0 bridgehead atoms. The fourth-order valence-electron chi connectivity index (χ4n) is 2.59. The van der Waals surface area contributed by atoms with Gasteiger partial charge in [0, 0.05) is 16.3 Å². The van der Waals surface area contributed by atoms with Crippen molar-refractivity contribution in [2.45, 2.75) is 6.92 Å². The number of halogens is 1. The number of carbonyl (C=O) groups is 1. The van der Waals surface area contributed by atoms with Crippen LogP contribution in [0.1, 0.15) is 21.5 Å². The van der Waals surface area contributed by atoms with E-state index >= 15 is 0 Å². The average molecular weight is 296 g/mol. The van der Waals surface area contributed by atoms with Crippen LogP contribution in [0.15, 0.2) is 48.5 Å². The molecule has 3 rings (SSSR count). The molecule has 0 saturated heterocycles. The monoisotopic (exact) mass is 296 g/mol. The molecule has 0 fully saturated rings. The zero-order valence-electron chi connectivity index (χ0n) is 11.8. The highest BCUT2D eigenvalue weighted by Gasteiger charge is 2.24. The lowest BCUT2D eigenvalue weighted by Crippen LogP contribution is -2.07. The van der Waals surface area contributed by atoms with Crippen molar-refractivity contribution in [1.29, 1.82) is 0 Å². The van der Waals surface area contributed by atoms with E-state index in [-0.39, 0.29) is 28.2 Å². The maximum atomic E-state index is 13.8. The molecule has 0 amide bonds. The molecule has 2 N–H and O–H groups in total. The van der Waals surface area contributed by atoms with Gasteiger partial charge in [0.2, 0.25) is 0 Å². The number of hydrogen-bond acceptors (Lipinski definition) is 3. The largest absolute Gasteiger partial charge is 0.507 e. The van der Waals surface area contributed by atoms with Gasteiger partial charge in [-0.05, 0) is 19.1 Å². The van der Waals surface area contributed by atoms with Crippen molar-refractivity contribution >= 4 is 16.6 Å². The topological polar surface area (TPSA) is 57.5 Å². The van der Waals surface area contributed by atoms with Crippen LogP contribution in [0.4, 0.5) is 4.39 Å². The molecule has 0 spiro atoms. The second-order valence-electron chi connectivity index (χ2n) is 5.05. The molecular formula is C18H13FO3. The molecule has 0 radical (unpaired) electrons. The van der Waals surface area contributed by atoms with Gasteiger partial charge in [-0.1, -0.05) is 36.4 Å². The second kappa shape index (κ2) is 5.15. The van der Waals surface area contributed by atoms with Crippen molar-refractivity contribution in [3.63, 3.8) is 0 Å². The first kappa shape index (κ1) is 14.1. The van der Waals surface area contributed by atoms with Crippen molar-refractivity contribution in [2.75, 3.05) is 0 Å². The minimum Gasteiger partial charge on any atom is -0.507 e. The summed E-state index contributed by atoms with van der Waals surface area (Å²) < 4.78 is 13.8. The highest BCUT2D eigenvalue weighted by molar-refractivity contribution is 6.15. The lowest BCUT2D eigenvalue weighted by atomic mass is 9.93. The van der Waals surface area contributed by atoms with E-state index in [2.05, 4.69) is 0 Å². The lowest BCUT2D eigenvalue weighted by Gasteiger charge is -2.13. The Morgan fingerprint density at radius 1 is 0.909 bits per heavy atom. The van der Waals surface area contributed by atoms with E-state index in [0.29, 0.717) is 10.8 Å². The number of hydrogen-bond donors (Lipinski definition) is 2. The number of aromatic hydroxyl groups is 2. The number of phenolic OH excluding ortho intramolecular Hbond substituents is 2. The summed E-state index contributed by atoms with van der Waals surface area (Å²) in [4.78, 5) is 12.6. The van der Waals surface area contributed by atoms with Gasteiger partial charge >= 0.3 is 0 Å². The number of benzene rings is 3. The fraction of sp³-hybridized carbons (Fsp3) is 0.0556. The van der Waals surface area contributed by atoms with Crippen LogP contribution < -0.4 is 0 Å². The summed E-state index contributed by atoms with van der Waals surface area (Å²) >= 11 is 0. The van der Waals surface area contributed by atoms with Crippen LogP contribution in [0.3, 0.4) is 0 Å². The van der Waals surface area contributed by atoms with Gasteiger partial charge in [-0.3, -0.25) is 4.79 Å². The van der Waals surface area contributed by atoms with Gasteiger partial charge in [0.25, 0.3) is 0 Å². The highest BCUT2D eigenvalue weighted by Crippen LogP contribution is 2.40. The van der Waals surface area contributed by atoms with Crippen LogP contribution in [0, 0.1) is 12.7 Å². The zero-order valence-corrected chi connectivity index (χ0v) is 11.8. The van der Waals surface area contributed by atoms with Gasteiger partial charge in [-0.15, -0.1) is 0 Å². The predicted octanol–water partition coefficient (Wildman–Crippen LogP) is 3.93. The average Bonchev–Trinajstić information content (AvgIpc) is 2.53. The Morgan fingerprint density at radius 2 is 1.45 bits per heavy atom. The number of phenols is 2. The van der Waals surface area contributed by atoms with Crippen LogP contribution in [-0.2, 0) is 0 Å². The van der Waals surface area contributed by atoms with Gasteiger partial charge in [-0.2, -0.15) is 0 Å². The van der Waals surface area contributed by atoms with Gasteiger partial charge in [0.05, 0.1) is 11.1 Å². The molecule has 0 aliphatic carbocycles. The maximum Gasteiger partial charge on any atom is 0.200 e. The molecular weight excluding hydrogens is 283 g/mol. The SMILES string of the molecule is Cc1c(C(=O)c2ccccc2F)c(O)c2ccccc2c1O. The second-order valence-corrected chi connectivity index (χ2v) is 5.05. The Balaban J connectivity index is 2.32.